The van der Waals surface area contributed by atoms with Crippen molar-refractivity contribution in [1.82, 2.24) is 5.32 Å². The molecule has 0 aliphatic heterocycles. The van der Waals surface area contributed by atoms with Gasteiger partial charge >= 0.3 is 33.7 Å². The number of fused-ring (bicyclic) bond motifs is 1. The Morgan fingerprint density at radius 2 is 1.55 bits per heavy atom. The number of carbonyl (C=O) groups excluding carboxylic acids is 3. The number of hydrogen-bond donors (Lipinski definition) is 1. The molecule has 0 aromatic carbocycles. The molecular weight excluding hydrogens is 482 g/mol. The van der Waals surface area contributed by atoms with Crippen LogP contribution in [0.25, 0.3) is 0 Å². The van der Waals surface area contributed by atoms with Crippen LogP contribution in [0.3, 0.4) is 0 Å². The number of amides is 1. The van der Waals surface area contributed by atoms with E-state index in [2.05, 4.69) is 8.92 Å². The van der Waals surface area contributed by atoms with Gasteiger partial charge in [0, 0.05) is 11.8 Å². The third kappa shape index (κ3) is 4.74. The highest BCUT2D eigenvalue weighted by Gasteiger charge is 2.87. The van der Waals surface area contributed by atoms with E-state index in [4.69, 9.17) is 9.47 Å². The summed E-state index contributed by atoms with van der Waals surface area (Å²) in [4.78, 5) is 37.7. The van der Waals surface area contributed by atoms with E-state index >= 15 is 4.39 Å². The van der Waals surface area contributed by atoms with Crippen LogP contribution >= 0.6 is 0 Å². The zero-order valence-electron chi connectivity index (χ0n) is 18.4. The standard InChI is InChI=1S/C18H25F4NO9S/c1-6-29-12(24)16(19)9-8-10(32-33(27,28)18(20,21)22)17(11(9)16,13(25)30-7-2)23-14(26)31-15(3,4)5/h9-11H,6-8H2,1-5H3,(H,23,26). The number of esters is 2. The Morgan fingerprint density at radius 1 is 1.03 bits per heavy atom. The van der Waals surface area contributed by atoms with Gasteiger partial charge < -0.3 is 19.5 Å². The number of carbonyl (C=O) groups is 3. The van der Waals surface area contributed by atoms with Crippen molar-refractivity contribution in [1.29, 1.82) is 0 Å². The van der Waals surface area contributed by atoms with Crippen LogP contribution in [-0.2, 0) is 38.1 Å². The van der Waals surface area contributed by atoms with Crippen molar-refractivity contribution >= 4 is 28.1 Å². The second-order valence-electron chi connectivity index (χ2n) is 8.51. The SMILES string of the molecule is CCOC(=O)C1(F)C2CC(OS(=O)(=O)C(F)(F)F)C(NC(=O)OC(C)(C)C)(C(=O)OCC)C21. The predicted octanol–water partition coefficient (Wildman–Crippen LogP) is 1.97. The molecule has 1 amide bonds. The van der Waals surface area contributed by atoms with Gasteiger partial charge in [0.2, 0.25) is 5.67 Å². The van der Waals surface area contributed by atoms with Crippen molar-refractivity contribution in [2.45, 2.75) is 69.5 Å². The van der Waals surface area contributed by atoms with Crippen molar-refractivity contribution in [3.63, 3.8) is 0 Å². The average molecular weight is 507 g/mol. The third-order valence-corrected chi connectivity index (χ3v) is 6.24. The molecule has 2 rings (SSSR count). The molecule has 5 atom stereocenters. The minimum Gasteiger partial charge on any atom is -0.464 e. The number of hydrogen-bond acceptors (Lipinski definition) is 9. The van der Waals surface area contributed by atoms with Crippen LogP contribution in [0.2, 0.25) is 0 Å². The van der Waals surface area contributed by atoms with Gasteiger partial charge in [0.1, 0.15) is 11.7 Å². The molecule has 33 heavy (non-hydrogen) atoms. The van der Waals surface area contributed by atoms with Gasteiger partial charge in [-0.25, -0.2) is 18.8 Å². The van der Waals surface area contributed by atoms with Crippen LogP contribution in [0.4, 0.5) is 22.4 Å². The lowest BCUT2D eigenvalue weighted by Gasteiger charge is -2.37. The van der Waals surface area contributed by atoms with E-state index in [-0.39, 0.29) is 13.2 Å². The summed E-state index contributed by atoms with van der Waals surface area (Å²) < 4.78 is 96.7. The van der Waals surface area contributed by atoms with E-state index < -0.39 is 74.8 Å². The summed E-state index contributed by atoms with van der Waals surface area (Å²) in [5.74, 6) is -6.24. The smallest absolute Gasteiger partial charge is 0.464 e. The Bertz CT molecular complexity index is 917. The summed E-state index contributed by atoms with van der Waals surface area (Å²) in [5.41, 5.74) is -12.8. The topological polar surface area (TPSA) is 134 Å². The highest BCUT2D eigenvalue weighted by Crippen LogP contribution is 2.68. The van der Waals surface area contributed by atoms with Gasteiger partial charge in [-0.3, -0.25) is 4.18 Å². The summed E-state index contributed by atoms with van der Waals surface area (Å²) in [6, 6.07) is 0. The molecule has 1 N–H and O–H groups in total. The maximum atomic E-state index is 15.6. The van der Waals surface area contributed by atoms with Crippen molar-refractivity contribution in [2.24, 2.45) is 11.8 Å². The zero-order valence-corrected chi connectivity index (χ0v) is 19.3. The van der Waals surface area contributed by atoms with Crippen LogP contribution < -0.4 is 5.32 Å². The molecule has 2 aliphatic rings. The molecule has 5 unspecified atom stereocenters. The second kappa shape index (κ2) is 8.56. The summed E-state index contributed by atoms with van der Waals surface area (Å²) >= 11 is 0. The first kappa shape index (κ1) is 27.1. The van der Waals surface area contributed by atoms with E-state index in [9.17, 15) is 36.0 Å². The Morgan fingerprint density at radius 3 is 2.00 bits per heavy atom. The van der Waals surface area contributed by atoms with Crippen molar-refractivity contribution < 1.29 is 58.8 Å². The van der Waals surface area contributed by atoms with Gasteiger partial charge in [0.15, 0.2) is 5.54 Å². The Kier molecular flexibility index (Phi) is 7.03. The number of halogens is 4. The maximum Gasteiger partial charge on any atom is 0.523 e. The molecule has 0 aromatic heterocycles. The van der Waals surface area contributed by atoms with Crippen LogP contribution in [0.1, 0.15) is 41.0 Å². The maximum absolute atomic E-state index is 15.6. The van der Waals surface area contributed by atoms with Crippen LogP contribution in [0.15, 0.2) is 0 Å². The normalized spacial score (nSPS) is 31.4. The Labute approximate surface area is 187 Å². The number of nitrogens with one attached hydrogen (secondary N) is 1. The summed E-state index contributed by atoms with van der Waals surface area (Å²) in [6.07, 6.45) is -4.49. The molecular formula is C18H25F4NO9S. The monoisotopic (exact) mass is 507 g/mol. The first-order chi connectivity index (χ1) is 14.9. The molecule has 0 aromatic rings. The fourth-order valence-corrected chi connectivity index (χ4v) is 4.68. The Balaban J connectivity index is 2.59. The van der Waals surface area contributed by atoms with E-state index in [0.717, 1.165) is 0 Å². The van der Waals surface area contributed by atoms with E-state index in [0.29, 0.717) is 0 Å². The number of ether oxygens (including phenoxy) is 3. The van der Waals surface area contributed by atoms with Gasteiger partial charge in [-0.05, 0) is 41.0 Å². The molecule has 0 radical (unpaired) electrons. The van der Waals surface area contributed by atoms with Gasteiger partial charge in [-0.2, -0.15) is 21.6 Å². The van der Waals surface area contributed by atoms with Crippen LogP contribution in [0.5, 0.6) is 0 Å². The van der Waals surface area contributed by atoms with Crippen LogP contribution in [-0.4, -0.2) is 68.1 Å². The second-order valence-corrected chi connectivity index (χ2v) is 10.1. The lowest BCUT2D eigenvalue weighted by molar-refractivity contribution is -0.162. The third-order valence-electron chi connectivity index (χ3n) is 5.19. The fraction of sp³-hybridized carbons (Fsp3) is 0.833. The molecule has 0 heterocycles. The van der Waals surface area contributed by atoms with Gasteiger partial charge in [0.25, 0.3) is 0 Å². The summed E-state index contributed by atoms with van der Waals surface area (Å²) in [5, 5.41) is 1.96. The molecule has 190 valence electrons. The molecule has 2 aliphatic carbocycles. The van der Waals surface area contributed by atoms with E-state index in [1.54, 1.807) is 0 Å². The molecule has 0 saturated heterocycles. The van der Waals surface area contributed by atoms with Gasteiger partial charge in [-0.15, -0.1) is 0 Å². The number of rotatable bonds is 7. The van der Waals surface area contributed by atoms with Crippen molar-refractivity contribution in [3.8, 4) is 0 Å². The minimum atomic E-state index is -6.28. The molecule has 2 fully saturated rings. The van der Waals surface area contributed by atoms with Crippen molar-refractivity contribution in [3.05, 3.63) is 0 Å². The number of alkyl halides is 4. The zero-order chi connectivity index (χ0) is 25.6. The molecule has 10 nitrogen and oxygen atoms in total. The highest BCUT2D eigenvalue weighted by molar-refractivity contribution is 7.87. The summed E-state index contributed by atoms with van der Waals surface area (Å²) in [7, 11) is -6.28. The average Bonchev–Trinajstić information content (AvgIpc) is 3.08. The molecule has 2 saturated carbocycles. The lowest BCUT2D eigenvalue weighted by Crippen LogP contribution is -2.66. The fourth-order valence-electron chi connectivity index (χ4n) is 4.03. The first-order valence-electron chi connectivity index (χ1n) is 9.92. The van der Waals surface area contributed by atoms with Crippen LogP contribution in [0, 0.1) is 11.8 Å². The highest BCUT2D eigenvalue weighted by atomic mass is 32.2. The van der Waals surface area contributed by atoms with Gasteiger partial charge in [-0.1, -0.05) is 0 Å². The molecule has 15 heteroatoms. The summed E-state index contributed by atoms with van der Waals surface area (Å²) in [6.45, 7) is 6.35. The molecule has 0 bridgehead atoms. The van der Waals surface area contributed by atoms with E-state index in [1.807, 2.05) is 5.32 Å². The largest absolute Gasteiger partial charge is 0.523 e. The predicted molar refractivity (Wildman–Crippen MR) is 101 cm³/mol. The first-order valence-corrected chi connectivity index (χ1v) is 11.3. The van der Waals surface area contributed by atoms with E-state index in [1.165, 1.54) is 34.6 Å². The number of alkyl carbamates (subject to hydrolysis) is 1. The molecule has 0 spiro atoms. The lowest BCUT2D eigenvalue weighted by atomic mass is 9.86. The van der Waals surface area contributed by atoms with Gasteiger partial charge in [0.05, 0.1) is 13.2 Å². The Hall–Kier alpha value is -2.16. The minimum absolute atomic E-state index is 0.252. The van der Waals surface area contributed by atoms with Crippen molar-refractivity contribution in [2.75, 3.05) is 13.2 Å². The quantitative estimate of drug-likeness (QED) is 0.180.